The van der Waals surface area contributed by atoms with Crippen LogP contribution in [-0.4, -0.2) is 31.5 Å². The lowest BCUT2D eigenvalue weighted by atomic mass is 10.0. The second-order valence-corrected chi connectivity index (χ2v) is 11.0. The number of carbonyl (C=O) groups excluding carboxylic acids is 1. The molecule has 3 aromatic rings. The molecule has 1 heterocycles. The van der Waals surface area contributed by atoms with E-state index in [0.717, 1.165) is 17.7 Å². The summed E-state index contributed by atoms with van der Waals surface area (Å²) in [6, 6.07) is 18.4. The summed E-state index contributed by atoms with van der Waals surface area (Å²) < 4.78 is 67.0. The minimum atomic E-state index is -4.43. The van der Waals surface area contributed by atoms with E-state index in [4.69, 9.17) is 4.84 Å². The van der Waals surface area contributed by atoms with Crippen LogP contribution < -0.4 is 4.72 Å². The number of rotatable bonds is 8. The molecule has 0 aromatic heterocycles. The molecule has 196 valence electrons. The van der Waals surface area contributed by atoms with Gasteiger partial charge in [0.15, 0.2) is 0 Å². The number of benzene rings is 3. The van der Waals surface area contributed by atoms with Gasteiger partial charge in [-0.3, -0.25) is 9.63 Å². The largest absolute Gasteiger partial charge is 0.416 e. The van der Waals surface area contributed by atoms with Crippen molar-refractivity contribution in [2.45, 2.75) is 50.0 Å². The van der Waals surface area contributed by atoms with Gasteiger partial charge in [-0.15, -0.1) is 0 Å². The molecule has 0 spiro atoms. The van der Waals surface area contributed by atoms with Crippen molar-refractivity contribution in [3.8, 4) is 11.1 Å². The Hall–Kier alpha value is -3.21. The Kier molecular flexibility index (Phi) is 7.72. The van der Waals surface area contributed by atoms with E-state index in [1.54, 1.807) is 0 Å². The minimum absolute atomic E-state index is 0.0391. The highest BCUT2D eigenvalue weighted by atomic mass is 32.2. The third-order valence-corrected chi connectivity index (χ3v) is 7.77. The van der Waals surface area contributed by atoms with Crippen LogP contribution in [0.25, 0.3) is 11.1 Å². The van der Waals surface area contributed by atoms with Gasteiger partial charge in [0, 0.05) is 0 Å². The van der Waals surface area contributed by atoms with Crippen molar-refractivity contribution in [2.75, 3.05) is 0 Å². The average molecular weight is 533 g/mol. The normalized spacial score (nSPS) is 18.5. The van der Waals surface area contributed by atoms with Crippen LogP contribution in [0.1, 0.15) is 31.4 Å². The van der Waals surface area contributed by atoms with Crippen LogP contribution in [0.3, 0.4) is 0 Å². The Morgan fingerprint density at radius 3 is 2.05 bits per heavy atom. The van der Waals surface area contributed by atoms with Gasteiger partial charge in [-0.2, -0.15) is 17.9 Å². The molecule has 0 radical (unpaired) electrons. The van der Waals surface area contributed by atoms with Crippen molar-refractivity contribution in [3.63, 3.8) is 0 Å². The number of halogens is 3. The second kappa shape index (κ2) is 10.6. The molecule has 2 atom stereocenters. The molecule has 0 bridgehead atoms. The molecule has 37 heavy (non-hydrogen) atoms. The fraction of sp³-hybridized carbons (Fsp3) is 0.296. The van der Waals surface area contributed by atoms with Gasteiger partial charge in [-0.05, 0) is 53.3 Å². The van der Waals surface area contributed by atoms with Gasteiger partial charge in [-0.1, -0.05) is 68.4 Å². The first-order valence-electron chi connectivity index (χ1n) is 11.8. The second-order valence-electron chi connectivity index (χ2n) is 9.24. The summed E-state index contributed by atoms with van der Waals surface area (Å²) in [5.41, 5.74) is 1.20. The first-order chi connectivity index (χ1) is 17.5. The maximum atomic E-state index is 13.1. The molecule has 6 nitrogen and oxygen atoms in total. The summed E-state index contributed by atoms with van der Waals surface area (Å²) in [4.78, 5) is 18.8. The summed E-state index contributed by atoms with van der Waals surface area (Å²) in [6.45, 7) is 4.06. The Bertz CT molecular complexity index is 1330. The lowest BCUT2D eigenvalue weighted by Crippen LogP contribution is -2.42. The molecule has 1 N–H and O–H groups in total. The van der Waals surface area contributed by atoms with Crippen molar-refractivity contribution in [1.82, 2.24) is 9.79 Å². The molecule has 1 aliphatic rings. The highest BCUT2D eigenvalue weighted by Crippen LogP contribution is 2.32. The number of hydrogen-bond acceptors (Lipinski definition) is 4. The predicted molar refractivity (Wildman–Crippen MR) is 132 cm³/mol. The van der Waals surface area contributed by atoms with Crippen LogP contribution in [-0.2, 0) is 32.4 Å². The highest BCUT2D eigenvalue weighted by molar-refractivity contribution is 7.89. The molecule has 0 unspecified atom stereocenters. The molecular weight excluding hydrogens is 505 g/mol. The summed E-state index contributed by atoms with van der Waals surface area (Å²) in [7, 11) is -4.04. The van der Waals surface area contributed by atoms with E-state index >= 15 is 0 Å². The van der Waals surface area contributed by atoms with Crippen molar-refractivity contribution >= 4 is 15.9 Å². The summed E-state index contributed by atoms with van der Waals surface area (Å²) in [5, 5.41) is 1.28. The molecule has 1 amide bonds. The Balaban J connectivity index is 1.46. The van der Waals surface area contributed by atoms with Crippen LogP contribution in [0.15, 0.2) is 83.8 Å². The number of amides is 1. The van der Waals surface area contributed by atoms with E-state index in [-0.39, 0.29) is 29.9 Å². The molecule has 1 saturated heterocycles. The quantitative estimate of drug-likeness (QED) is 0.421. The van der Waals surface area contributed by atoms with E-state index in [1.165, 1.54) is 41.5 Å². The first kappa shape index (κ1) is 26.8. The maximum Gasteiger partial charge on any atom is 0.416 e. The maximum absolute atomic E-state index is 13.1. The number of nitrogens with zero attached hydrogens (tertiary/aromatic N) is 1. The van der Waals surface area contributed by atoms with Crippen molar-refractivity contribution in [2.24, 2.45) is 5.92 Å². The van der Waals surface area contributed by atoms with E-state index in [2.05, 4.69) is 4.72 Å². The number of sulfonamides is 1. The van der Waals surface area contributed by atoms with Crippen molar-refractivity contribution in [1.29, 1.82) is 0 Å². The molecule has 1 fully saturated rings. The SMILES string of the molecule is CC(C)[C@H]1C[C@@H](NS(=O)(=O)c2ccc(-c3ccc(C(F)(F)F)cc3)cc2)C(=O)N1OCc1ccccc1. The van der Waals surface area contributed by atoms with Gasteiger partial charge in [0.1, 0.15) is 12.6 Å². The summed E-state index contributed by atoms with van der Waals surface area (Å²) >= 11 is 0. The zero-order chi connectivity index (χ0) is 26.8. The van der Waals surface area contributed by atoms with E-state index in [0.29, 0.717) is 11.1 Å². The van der Waals surface area contributed by atoms with Gasteiger partial charge in [-0.25, -0.2) is 13.5 Å². The summed E-state index contributed by atoms with van der Waals surface area (Å²) in [5.74, 6) is -0.420. The first-order valence-corrected chi connectivity index (χ1v) is 13.2. The van der Waals surface area contributed by atoms with Crippen LogP contribution in [0.4, 0.5) is 13.2 Å². The molecule has 0 aliphatic carbocycles. The number of nitrogens with one attached hydrogen (secondary N) is 1. The third-order valence-electron chi connectivity index (χ3n) is 6.28. The van der Waals surface area contributed by atoms with Crippen LogP contribution >= 0.6 is 0 Å². The number of alkyl halides is 3. The van der Waals surface area contributed by atoms with Gasteiger partial charge in [0.05, 0.1) is 16.5 Å². The van der Waals surface area contributed by atoms with Gasteiger partial charge >= 0.3 is 6.18 Å². The molecule has 10 heteroatoms. The third kappa shape index (κ3) is 6.20. The van der Waals surface area contributed by atoms with Crippen molar-refractivity contribution in [3.05, 3.63) is 90.0 Å². The average Bonchev–Trinajstić information content (AvgIpc) is 3.17. The fourth-order valence-electron chi connectivity index (χ4n) is 4.21. The molecule has 3 aromatic carbocycles. The summed E-state index contributed by atoms with van der Waals surface area (Å²) in [6.07, 6.45) is -4.18. The highest BCUT2D eigenvalue weighted by Gasteiger charge is 2.44. The van der Waals surface area contributed by atoms with Gasteiger partial charge in [0.2, 0.25) is 10.0 Å². The molecule has 0 saturated carbocycles. The standard InChI is InChI=1S/C27H27F3N2O4S/c1-18(2)25-16-24(26(33)32(25)36-17-19-6-4-3-5-7-19)31-37(34,35)23-14-10-21(11-15-23)20-8-12-22(13-9-20)27(28,29)30/h3-15,18,24-25,31H,16-17H2,1-2H3/t24-,25-/m1/s1. The Morgan fingerprint density at radius 1 is 0.946 bits per heavy atom. The number of carbonyl (C=O) groups is 1. The van der Waals surface area contributed by atoms with E-state index in [1.807, 2.05) is 44.2 Å². The number of hydroxylamine groups is 2. The molecule has 4 rings (SSSR count). The Morgan fingerprint density at radius 2 is 1.51 bits per heavy atom. The zero-order valence-corrected chi connectivity index (χ0v) is 21.1. The lowest BCUT2D eigenvalue weighted by molar-refractivity contribution is -0.199. The van der Waals surface area contributed by atoms with Gasteiger partial charge < -0.3 is 0 Å². The molecule has 1 aliphatic heterocycles. The smallest absolute Gasteiger partial charge is 0.271 e. The minimum Gasteiger partial charge on any atom is -0.271 e. The monoisotopic (exact) mass is 532 g/mol. The van der Waals surface area contributed by atoms with E-state index in [9.17, 15) is 26.4 Å². The zero-order valence-electron chi connectivity index (χ0n) is 20.3. The van der Waals surface area contributed by atoms with Crippen LogP contribution in [0.2, 0.25) is 0 Å². The predicted octanol–water partition coefficient (Wildman–Crippen LogP) is 5.41. The fourth-order valence-corrected chi connectivity index (χ4v) is 5.41. The lowest BCUT2D eigenvalue weighted by Gasteiger charge is -2.26. The number of hydrogen-bond donors (Lipinski definition) is 1. The Labute approximate surface area is 214 Å². The van der Waals surface area contributed by atoms with Crippen LogP contribution in [0, 0.1) is 5.92 Å². The van der Waals surface area contributed by atoms with Gasteiger partial charge in [0.25, 0.3) is 5.91 Å². The van der Waals surface area contributed by atoms with E-state index < -0.39 is 33.7 Å². The van der Waals surface area contributed by atoms with Crippen molar-refractivity contribution < 1.29 is 31.2 Å². The molecular formula is C27H27F3N2O4S. The topological polar surface area (TPSA) is 75.7 Å². The van der Waals surface area contributed by atoms with Crippen LogP contribution in [0.5, 0.6) is 0 Å².